The Morgan fingerprint density at radius 2 is 1.80 bits per heavy atom. The van der Waals surface area contributed by atoms with Crippen LogP contribution < -0.4 is 16.0 Å². The molecule has 0 spiro atoms. The molecule has 7 nitrogen and oxygen atoms in total. The van der Waals surface area contributed by atoms with E-state index in [9.17, 15) is 27.9 Å². The Labute approximate surface area is 172 Å². The van der Waals surface area contributed by atoms with Gasteiger partial charge in [0, 0.05) is 18.2 Å². The van der Waals surface area contributed by atoms with Crippen molar-refractivity contribution in [3.8, 4) is 0 Å². The quantitative estimate of drug-likeness (QED) is 0.536. The van der Waals surface area contributed by atoms with Gasteiger partial charge >= 0.3 is 12.2 Å². The number of carbonyl (C=O) groups is 2. The second-order valence-electron chi connectivity index (χ2n) is 7.69. The molecule has 0 aromatic heterocycles. The summed E-state index contributed by atoms with van der Waals surface area (Å²) in [6.45, 7) is 0.0995. The largest absolute Gasteiger partial charge is 0.416 e. The van der Waals surface area contributed by atoms with Gasteiger partial charge in [0.15, 0.2) is 0 Å². The summed E-state index contributed by atoms with van der Waals surface area (Å²) in [4.78, 5) is 23.8. The van der Waals surface area contributed by atoms with Gasteiger partial charge in [0.1, 0.15) is 6.10 Å². The number of carbonyl (C=O) groups excluding carboxylic acids is 2. The molecule has 10 heteroatoms. The third kappa shape index (κ3) is 6.33. The molecule has 3 atom stereocenters. The predicted octanol–water partition coefficient (Wildman–Crippen LogP) is 2.65. The van der Waals surface area contributed by atoms with E-state index in [0.717, 1.165) is 25.0 Å². The number of anilines is 1. The van der Waals surface area contributed by atoms with Gasteiger partial charge in [-0.2, -0.15) is 13.2 Å². The molecule has 1 saturated carbocycles. The van der Waals surface area contributed by atoms with E-state index in [-0.39, 0.29) is 36.3 Å². The summed E-state index contributed by atoms with van der Waals surface area (Å²) in [7, 11) is 0. The maximum absolute atomic E-state index is 12.6. The molecule has 0 radical (unpaired) electrons. The summed E-state index contributed by atoms with van der Waals surface area (Å²) in [6, 6.07) is 3.44. The van der Waals surface area contributed by atoms with Crippen molar-refractivity contribution in [1.82, 2.24) is 10.6 Å². The topological polar surface area (TPSA) is 99.7 Å². The predicted molar refractivity (Wildman–Crippen MR) is 103 cm³/mol. The van der Waals surface area contributed by atoms with E-state index in [0.29, 0.717) is 25.8 Å². The fraction of sp³-hybridized carbons (Fsp3) is 0.600. The van der Waals surface area contributed by atoms with Gasteiger partial charge in [-0.3, -0.25) is 4.79 Å². The van der Waals surface area contributed by atoms with Crippen LogP contribution in [0.3, 0.4) is 0 Å². The molecule has 1 aromatic rings. The lowest BCUT2D eigenvalue weighted by atomic mass is 9.97. The molecule has 1 saturated heterocycles. The molecule has 1 aliphatic carbocycles. The molecule has 0 unspecified atom stereocenters. The van der Waals surface area contributed by atoms with E-state index < -0.39 is 23.9 Å². The number of alkyl halides is 3. The molecule has 1 aromatic carbocycles. The second kappa shape index (κ2) is 9.65. The number of hydrogen-bond acceptors (Lipinski definition) is 4. The van der Waals surface area contributed by atoms with E-state index in [1.165, 1.54) is 12.1 Å². The lowest BCUT2D eigenvalue weighted by Crippen LogP contribution is -2.51. The number of halogens is 3. The molecular formula is C20H26F3N3O4. The second-order valence-corrected chi connectivity index (χ2v) is 7.69. The van der Waals surface area contributed by atoms with Crippen LogP contribution in [0.2, 0.25) is 0 Å². The van der Waals surface area contributed by atoms with Gasteiger partial charge in [0.05, 0.1) is 24.3 Å². The maximum atomic E-state index is 12.6. The van der Waals surface area contributed by atoms with E-state index in [4.69, 9.17) is 4.74 Å². The van der Waals surface area contributed by atoms with Crippen molar-refractivity contribution in [1.29, 1.82) is 0 Å². The van der Waals surface area contributed by atoms with Crippen molar-refractivity contribution < 1.29 is 32.6 Å². The van der Waals surface area contributed by atoms with Crippen molar-refractivity contribution in [3.63, 3.8) is 0 Å². The Hall–Kier alpha value is -2.33. The molecule has 4 N–H and O–H groups in total. The van der Waals surface area contributed by atoms with Gasteiger partial charge < -0.3 is 25.8 Å². The summed E-state index contributed by atoms with van der Waals surface area (Å²) in [5.41, 5.74) is -0.531. The number of benzene rings is 1. The van der Waals surface area contributed by atoms with E-state index >= 15 is 0 Å². The number of rotatable bonds is 7. The first-order chi connectivity index (χ1) is 14.3. The summed E-state index contributed by atoms with van der Waals surface area (Å²) < 4.78 is 43.5. The first-order valence-electron chi connectivity index (χ1n) is 10.0. The van der Waals surface area contributed by atoms with Gasteiger partial charge in [0.25, 0.3) is 0 Å². The zero-order chi connectivity index (χ0) is 21.7. The Kier molecular flexibility index (Phi) is 7.19. The van der Waals surface area contributed by atoms with Crippen LogP contribution in [0.15, 0.2) is 24.3 Å². The number of urea groups is 1. The Morgan fingerprint density at radius 3 is 2.40 bits per heavy atom. The van der Waals surface area contributed by atoms with Crippen LogP contribution >= 0.6 is 0 Å². The molecule has 0 bridgehead atoms. The molecule has 30 heavy (non-hydrogen) atoms. The van der Waals surface area contributed by atoms with E-state index in [1.807, 2.05) is 0 Å². The Morgan fingerprint density at radius 1 is 1.10 bits per heavy atom. The van der Waals surface area contributed by atoms with Crippen LogP contribution in [-0.2, 0) is 15.7 Å². The van der Waals surface area contributed by atoms with Crippen LogP contribution in [0.4, 0.5) is 23.7 Å². The van der Waals surface area contributed by atoms with Crippen LogP contribution in [-0.4, -0.2) is 48.4 Å². The summed E-state index contributed by atoms with van der Waals surface area (Å²) in [5.74, 6) is 0.108. The van der Waals surface area contributed by atoms with Crippen LogP contribution in [0, 0.1) is 5.92 Å². The molecule has 1 heterocycles. The number of nitrogens with one attached hydrogen (secondary N) is 3. The summed E-state index contributed by atoms with van der Waals surface area (Å²) >= 11 is 0. The minimum absolute atomic E-state index is 0.0158. The van der Waals surface area contributed by atoms with E-state index in [2.05, 4.69) is 16.0 Å². The molecule has 3 rings (SSSR count). The first-order valence-corrected chi connectivity index (χ1v) is 10.0. The fourth-order valence-electron chi connectivity index (χ4n) is 3.42. The SMILES string of the molecule is O=C(NCC[C@H]1CC[C@H](NC(=O)C2CC2)[C@H](CO)O1)Nc1ccc(C(F)(F)F)cc1. The lowest BCUT2D eigenvalue weighted by Gasteiger charge is -2.36. The van der Waals surface area contributed by atoms with Crippen LogP contribution in [0.1, 0.15) is 37.7 Å². The number of aliphatic hydroxyl groups excluding tert-OH is 1. The highest BCUT2D eigenvalue weighted by atomic mass is 19.4. The highest BCUT2D eigenvalue weighted by Gasteiger charge is 2.36. The normalized spacial score (nSPS) is 24.2. The third-order valence-corrected chi connectivity index (χ3v) is 5.29. The fourth-order valence-corrected chi connectivity index (χ4v) is 3.42. The number of hydrogen-bond donors (Lipinski definition) is 4. The Bertz CT molecular complexity index is 738. The van der Waals surface area contributed by atoms with E-state index in [1.54, 1.807) is 0 Å². The minimum Gasteiger partial charge on any atom is -0.394 e. The van der Waals surface area contributed by atoms with Gasteiger partial charge in [-0.25, -0.2) is 4.79 Å². The number of aliphatic hydroxyl groups is 1. The molecule has 2 fully saturated rings. The first kappa shape index (κ1) is 22.4. The maximum Gasteiger partial charge on any atom is 0.416 e. The van der Waals surface area contributed by atoms with Crippen molar-refractivity contribution in [2.75, 3.05) is 18.5 Å². The van der Waals surface area contributed by atoms with Crippen molar-refractivity contribution >= 4 is 17.6 Å². The summed E-state index contributed by atoms with van der Waals surface area (Å²) in [5, 5.41) is 17.6. The lowest BCUT2D eigenvalue weighted by molar-refractivity contribution is -0.137. The number of ether oxygens (including phenoxy) is 1. The minimum atomic E-state index is -4.42. The van der Waals surface area contributed by atoms with Crippen molar-refractivity contribution in [2.45, 2.75) is 56.5 Å². The van der Waals surface area contributed by atoms with Gasteiger partial charge in [-0.05, 0) is 56.4 Å². The zero-order valence-corrected chi connectivity index (χ0v) is 16.4. The molecule has 166 valence electrons. The van der Waals surface area contributed by atoms with Gasteiger partial charge in [-0.1, -0.05) is 0 Å². The van der Waals surface area contributed by atoms with Crippen LogP contribution in [0.5, 0.6) is 0 Å². The number of amides is 3. The highest BCUT2D eigenvalue weighted by molar-refractivity contribution is 5.89. The average Bonchev–Trinajstić information content (AvgIpc) is 3.54. The molecule has 2 aliphatic rings. The zero-order valence-electron chi connectivity index (χ0n) is 16.4. The van der Waals surface area contributed by atoms with Crippen molar-refractivity contribution in [2.24, 2.45) is 5.92 Å². The third-order valence-electron chi connectivity index (χ3n) is 5.29. The molecular weight excluding hydrogens is 403 g/mol. The van der Waals surface area contributed by atoms with Crippen LogP contribution in [0.25, 0.3) is 0 Å². The van der Waals surface area contributed by atoms with Gasteiger partial charge in [0.2, 0.25) is 5.91 Å². The summed E-state index contributed by atoms with van der Waals surface area (Å²) in [6.07, 6.45) is -1.36. The highest BCUT2D eigenvalue weighted by Crippen LogP contribution is 2.31. The molecule has 3 amide bonds. The Balaban J connectivity index is 1.37. The molecule has 1 aliphatic heterocycles. The standard InChI is InChI=1S/C20H26F3N3O4/c21-20(22,23)13-3-5-14(6-4-13)25-19(29)24-10-9-15-7-8-16(17(11-27)30-15)26-18(28)12-1-2-12/h3-6,12,15-17,27H,1-2,7-11H2,(H,26,28)(H2,24,25,29)/t15-,16+,17+/m1/s1. The smallest absolute Gasteiger partial charge is 0.394 e. The van der Waals surface area contributed by atoms with Crippen molar-refractivity contribution in [3.05, 3.63) is 29.8 Å². The average molecular weight is 429 g/mol. The van der Waals surface area contributed by atoms with Gasteiger partial charge in [-0.15, -0.1) is 0 Å². The monoisotopic (exact) mass is 429 g/mol.